The van der Waals surface area contributed by atoms with Crippen LogP contribution in [0.1, 0.15) is 40.3 Å². The van der Waals surface area contributed by atoms with Crippen LogP contribution in [0, 0.1) is 6.92 Å². The molecule has 0 aliphatic heterocycles. The van der Waals surface area contributed by atoms with Gasteiger partial charge in [-0.15, -0.1) is 0 Å². The predicted molar refractivity (Wildman–Crippen MR) is 109 cm³/mol. The number of imidazole rings is 1. The maximum Gasteiger partial charge on any atom is 0.295 e. The van der Waals surface area contributed by atoms with Gasteiger partial charge in [0.05, 0.1) is 12.6 Å². The van der Waals surface area contributed by atoms with Crippen molar-refractivity contribution in [1.29, 1.82) is 0 Å². The van der Waals surface area contributed by atoms with Crippen LogP contribution in [0.15, 0.2) is 72.8 Å². The number of benzene rings is 3. The molecule has 4 aromatic rings. The number of hydrogen-bond donors (Lipinski definition) is 0. The molecule has 1 aromatic heterocycles. The number of aromatic nitrogens is 2. The van der Waals surface area contributed by atoms with E-state index >= 15 is 0 Å². The minimum atomic E-state index is -3.08. The van der Waals surface area contributed by atoms with Crippen molar-refractivity contribution < 1.29 is 14.2 Å². The highest BCUT2D eigenvalue weighted by atomic mass is 15.2. The molecule has 0 amide bonds. The SMILES string of the molecule is [2H]C([2H])([2H])C([2H])(c1ccccc1-n1c(-c2ccccc2C)[n+](C)c2ccccc21)C([2H])([2H])[2H]. The highest BCUT2D eigenvalue weighted by Gasteiger charge is 2.28. The first-order valence-electron chi connectivity index (χ1n) is 12.0. The highest BCUT2D eigenvalue weighted by molar-refractivity contribution is 5.80. The standard InChI is InChI=1S/C24H25N2/c1-17(2)19-12-7-8-14-21(19)26-23-16-10-9-15-22(23)25(4)24(26)20-13-6-5-11-18(20)3/h5-17H,1-4H3/q+1/i1D3,2D3,17D. The molecular formula is C24H25N2+. The molecule has 0 fully saturated rings. The van der Waals surface area contributed by atoms with E-state index in [1.54, 1.807) is 18.2 Å². The summed E-state index contributed by atoms with van der Waals surface area (Å²) >= 11 is 0. The summed E-state index contributed by atoms with van der Waals surface area (Å²) in [6.45, 7) is -4.17. The third kappa shape index (κ3) is 2.53. The Hall–Kier alpha value is -2.87. The molecular weight excluding hydrogens is 316 g/mol. The zero-order valence-corrected chi connectivity index (χ0v) is 14.8. The monoisotopic (exact) mass is 348 g/mol. The molecule has 2 nitrogen and oxygen atoms in total. The third-order valence-electron chi connectivity index (χ3n) is 4.81. The molecule has 0 spiro atoms. The molecule has 2 heteroatoms. The van der Waals surface area contributed by atoms with Crippen molar-refractivity contribution >= 4 is 11.0 Å². The maximum atomic E-state index is 8.84. The summed E-state index contributed by atoms with van der Waals surface area (Å²) in [5.41, 5.74) is 3.90. The van der Waals surface area contributed by atoms with E-state index < -0.39 is 19.6 Å². The van der Waals surface area contributed by atoms with Gasteiger partial charge in [0.1, 0.15) is 5.69 Å². The van der Waals surface area contributed by atoms with Gasteiger partial charge in [-0.1, -0.05) is 62.2 Å². The molecule has 3 aromatic carbocycles. The summed E-state index contributed by atoms with van der Waals surface area (Å²) in [6.07, 6.45) is 0. The Balaban J connectivity index is 2.18. The van der Waals surface area contributed by atoms with Gasteiger partial charge in [0, 0.05) is 15.2 Å². The fraction of sp³-hybridized carbons (Fsp3) is 0.208. The smallest absolute Gasteiger partial charge is 0.225 e. The third-order valence-corrected chi connectivity index (χ3v) is 4.81. The quantitative estimate of drug-likeness (QED) is 0.429. The Labute approximate surface area is 165 Å². The van der Waals surface area contributed by atoms with Crippen molar-refractivity contribution in [2.24, 2.45) is 7.05 Å². The summed E-state index contributed by atoms with van der Waals surface area (Å²) in [5, 5.41) is 0. The van der Waals surface area contributed by atoms with E-state index in [4.69, 9.17) is 9.60 Å². The molecule has 130 valence electrons. The summed E-state index contributed by atoms with van der Waals surface area (Å²) in [7, 11) is 1.92. The van der Waals surface area contributed by atoms with E-state index in [0.717, 1.165) is 28.0 Å². The molecule has 1 heterocycles. The van der Waals surface area contributed by atoms with Gasteiger partial charge in [-0.05, 0) is 42.6 Å². The van der Waals surface area contributed by atoms with Crippen LogP contribution in [0.4, 0.5) is 0 Å². The summed E-state index contributed by atoms with van der Waals surface area (Å²) in [5.74, 6) is -2.05. The van der Waals surface area contributed by atoms with E-state index in [1.165, 1.54) is 6.07 Å². The van der Waals surface area contributed by atoms with Gasteiger partial charge < -0.3 is 0 Å². The number of fused-ring (bicyclic) bond motifs is 1. The van der Waals surface area contributed by atoms with Crippen molar-refractivity contribution in [2.45, 2.75) is 26.5 Å². The van der Waals surface area contributed by atoms with E-state index in [-0.39, 0.29) is 5.56 Å². The van der Waals surface area contributed by atoms with Gasteiger partial charge >= 0.3 is 0 Å². The van der Waals surface area contributed by atoms with Gasteiger partial charge in [-0.25, -0.2) is 4.57 Å². The predicted octanol–water partition coefficient (Wildman–Crippen LogP) is 5.55. The first-order valence-corrected chi connectivity index (χ1v) is 8.55. The van der Waals surface area contributed by atoms with E-state index in [2.05, 4.69) is 0 Å². The van der Waals surface area contributed by atoms with Crippen molar-refractivity contribution in [2.75, 3.05) is 0 Å². The van der Waals surface area contributed by atoms with Crippen LogP contribution in [-0.2, 0) is 7.05 Å². The Kier molecular flexibility index (Phi) is 2.56. The number of para-hydroxylation sites is 3. The molecule has 0 aliphatic carbocycles. The maximum absolute atomic E-state index is 8.84. The Morgan fingerprint density at radius 3 is 2.42 bits per heavy atom. The second kappa shape index (κ2) is 6.45. The number of nitrogens with zero attached hydrogens (tertiary/aromatic N) is 2. The van der Waals surface area contributed by atoms with Gasteiger partial charge in [0.25, 0.3) is 5.82 Å². The van der Waals surface area contributed by atoms with Crippen LogP contribution < -0.4 is 4.57 Å². The van der Waals surface area contributed by atoms with E-state index in [1.807, 2.05) is 71.6 Å². The molecule has 0 atom stereocenters. The van der Waals surface area contributed by atoms with Crippen molar-refractivity contribution in [3.05, 3.63) is 83.9 Å². The summed E-state index contributed by atoms with van der Waals surface area (Å²) in [6, 6.07) is 21.9. The Morgan fingerprint density at radius 1 is 0.923 bits per heavy atom. The molecule has 0 unspecified atom stereocenters. The van der Waals surface area contributed by atoms with Crippen LogP contribution in [0.2, 0.25) is 0 Å². The van der Waals surface area contributed by atoms with Crippen molar-refractivity contribution in [1.82, 2.24) is 4.57 Å². The van der Waals surface area contributed by atoms with E-state index in [0.29, 0.717) is 5.69 Å². The number of rotatable bonds is 3. The zero-order chi connectivity index (χ0) is 24.2. The second-order valence-corrected chi connectivity index (χ2v) is 6.41. The molecule has 4 rings (SSSR count). The van der Waals surface area contributed by atoms with Gasteiger partial charge in [-0.3, -0.25) is 0 Å². The molecule has 0 saturated carbocycles. The minimum absolute atomic E-state index is 0.0683. The van der Waals surface area contributed by atoms with Crippen LogP contribution in [0.3, 0.4) is 0 Å². The first-order chi connectivity index (χ1) is 15.4. The molecule has 0 saturated heterocycles. The Morgan fingerprint density at radius 2 is 1.62 bits per heavy atom. The van der Waals surface area contributed by atoms with Crippen molar-refractivity contribution in [3.63, 3.8) is 0 Å². The van der Waals surface area contributed by atoms with Crippen LogP contribution in [0.5, 0.6) is 0 Å². The topological polar surface area (TPSA) is 8.81 Å². The molecule has 26 heavy (non-hydrogen) atoms. The number of aryl methyl sites for hydroxylation is 2. The second-order valence-electron chi connectivity index (χ2n) is 6.41. The van der Waals surface area contributed by atoms with Crippen LogP contribution in [0.25, 0.3) is 28.1 Å². The summed E-state index contributed by atoms with van der Waals surface area (Å²) < 4.78 is 60.9. The van der Waals surface area contributed by atoms with Crippen LogP contribution in [-0.4, -0.2) is 4.57 Å². The highest BCUT2D eigenvalue weighted by Crippen LogP contribution is 2.32. The normalized spacial score (nSPS) is 16.8. The first kappa shape index (κ1) is 10.3. The average molecular weight is 349 g/mol. The van der Waals surface area contributed by atoms with E-state index in [9.17, 15) is 0 Å². The lowest BCUT2D eigenvalue weighted by Gasteiger charge is -2.12. The van der Waals surface area contributed by atoms with Crippen molar-refractivity contribution in [3.8, 4) is 17.1 Å². The molecule has 0 radical (unpaired) electrons. The van der Waals surface area contributed by atoms with Gasteiger partial charge in [-0.2, -0.15) is 4.57 Å². The van der Waals surface area contributed by atoms with Crippen LogP contribution >= 0.6 is 0 Å². The number of hydrogen-bond acceptors (Lipinski definition) is 0. The fourth-order valence-corrected chi connectivity index (χ4v) is 3.56. The fourth-order valence-electron chi connectivity index (χ4n) is 3.56. The van der Waals surface area contributed by atoms with Gasteiger partial charge in [0.15, 0.2) is 11.0 Å². The average Bonchev–Trinajstić information content (AvgIpc) is 3.04. The van der Waals surface area contributed by atoms with Gasteiger partial charge in [0.2, 0.25) is 0 Å². The summed E-state index contributed by atoms with van der Waals surface area (Å²) in [4.78, 5) is 0. The minimum Gasteiger partial charge on any atom is -0.225 e. The largest absolute Gasteiger partial charge is 0.295 e. The molecule has 0 aliphatic rings. The lowest BCUT2D eigenvalue weighted by Crippen LogP contribution is -2.30. The molecule has 0 N–H and O–H groups in total. The lowest BCUT2D eigenvalue weighted by atomic mass is 10.0. The zero-order valence-electron chi connectivity index (χ0n) is 21.8. The molecule has 0 bridgehead atoms. The lowest BCUT2D eigenvalue weighted by molar-refractivity contribution is -0.633. The Bertz CT molecular complexity index is 1320.